The second-order valence-corrected chi connectivity index (χ2v) is 9.40. The molecule has 1 heterocycles. The van der Waals surface area contributed by atoms with Crippen LogP contribution in [-0.4, -0.2) is 41.7 Å². The fourth-order valence-electron chi connectivity index (χ4n) is 2.58. The van der Waals surface area contributed by atoms with Crippen molar-refractivity contribution >= 4 is 68.1 Å². The molecule has 3 aromatic rings. The van der Waals surface area contributed by atoms with E-state index in [0.717, 1.165) is 38.9 Å². The number of nitrogens with zero attached hydrogens (tertiary/aromatic N) is 2. The summed E-state index contributed by atoms with van der Waals surface area (Å²) in [7, 11) is 2.00. The third kappa shape index (κ3) is 5.99. The van der Waals surface area contributed by atoms with Crippen LogP contribution >= 0.6 is 46.3 Å². The SMILES string of the molecule is CN(CCNC(=O)CSc1nc2ccc(N)cc2s1)Cc1ccc(Cl)c(Cl)c1. The number of nitrogens with one attached hydrogen (secondary N) is 1. The Bertz CT molecular complexity index is 980. The van der Waals surface area contributed by atoms with Crippen molar-refractivity contribution in [1.82, 2.24) is 15.2 Å². The average molecular weight is 455 g/mol. The molecule has 5 nitrogen and oxygen atoms in total. The summed E-state index contributed by atoms with van der Waals surface area (Å²) in [6.07, 6.45) is 0. The van der Waals surface area contributed by atoms with Crippen molar-refractivity contribution in [2.45, 2.75) is 10.9 Å². The highest BCUT2D eigenvalue weighted by Crippen LogP contribution is 2.30. The first-order valence-electron chi connectivity index (χ1n) is 8.59. The molecular formula is C19H20Cl2N4OS2. The number of halogens is 2. The minimum absolute atomic E-state index is 0.00768. The van der Waals surface area contributed by atoms with E-state index < -0.39 is 0 Å². The van der Waals surface area contributed by atoms with Crippen LogP contribution in [0.25, 0.3) is 10.2 Å². The van der Waals surface area contributed by atoms with Gasteiger partial charge in [0, 0.05) is 25.3 Å². The lowest BCUT2D eigenvalue weighted by Gasteiger charge is -2.17. The lowest BCUT2D eigenvalue weighted by atomic mass is 10.2. The number of hydrogen-bond acceptors (Lipinski definition) is 6. The molecule has 1 aromatic heterocycles. The summed E-state index contributed by atoms with van der Waals surface area (Å²) in [5, 5.41) is 4.04. The first-order chi connectivity index (χ1) is 13.4. The summed E-state index contributed by atoms with van der Waals surface area (Å²) < 4.78 is 1.90. The molecule has 0 atom stereocenters. The van der Waals surface area contributed by atoms with Crippen LogP contribution in [0.4, 0.5) is 5.69 Å². The number of thiazole rings is 1. The maximum Gasteiger partial charge on any atom is 0.230 e. The number of anilines is 1. The molecule has 3 rings (SSSR count). The Hall–Kier alpha value is -1.51. The molecule has 0 aliphatic heterocycles. The first kappa shape index (κ1) is 21.2. The van der Waals surface area contributed by atoms with E-state index in [4.69, 9.17) is 28.9 Å². The van der Waals surface area contributed by atoms with Gasteiger partial charge in [-0.15, -0.1) is 11.3 Å². The fourth-order valence-corrected chi connectivity index (χ4v) is 4.84. The van der Waals surface area contributed by atoms with Gasteiger partial charge >= 0.3 is 0 Å². The average Bonchev–Trinajstić information content (AvgIpc) is 3.05. The minimum Gasteiger partial charge on any atom is -0.399 e. The number of likely N-dealkylation sites (N-methyl/N-ethyl adjacent to an activating group) is 1. The van der Waals surface area contributed by atoms with Crippen LogP contribution in [0.5, 0.6) is 0 Å². The summed E-state index contributed by atoms with van der Waals surface area (Å²) in [5.74, 6) is 0.331. The topological polar surface area (TPSA) is 71.2 Å². The summed E-state index contributed by atoms with van der Waals surface area (Å²) in [6, 6.07) is 11.2. The van der Waals surface area contributed by atoms with Crippen molar-refractivity contribution in [3.8, 4) is 0 Å². The molecule has 2 aromatic carbocycles. The van der Waals surface area contributed by atoms with Gasteiger partial charge in [0.25, 0.3) is 0 Å². The highest BCUT2D eigenvalue weighted by molar-refractivity contribution is 8.01. The molecule has 148 valence electrons. The van der Waals surface area contributed by atoms with Gasteiger partial charge in [-0.25, -0.2) is 4.98 Å². The molecule has 0 fully saturated rings. The number of thioether (sulfide) groups is 1. The van der Waals surface area contributed by atoms with Crippen LogP contribution in [0, 0.1) is 0 Å². The third-order valence-corrected chi connectivity index (χ3v) is 6.87. The second-order valence-electron chi connectivity index (χ2n) is 6.33. The lowest BCUT2D eigenvalue weighted by molar-refractivity contribution is -0.118. The largest absolute Gasteiger partial charge is 0.399 e. The van der Waals surface area contributed by atoms with E-state index >= 15 is 0 Å². The highest BCUT2D eigenvalue weighted by Gasteiger charge is 2.09. The Kier molecular flexibility index (Phi) is 7.42. The van der Waals surface area contributed by atoms with Crippen LogP contribution in [-0.2, 0) is 11.3 Å². The number of carbonyl (C=O) groups is 1. The zero-order chi connectivity index (χ0) is 20.1. The van der Waals surface area contributed by atoms with Crippen molar-refractivity contribution < 1.29 is 4.79 Å². The molecule has 0 aliphatic carbocycles. The van der Waals surface area contributed by atoms with Gasteiger partial charge in [0.15, 0.2) is 4.34 Å². The Morgan fingerprint density at radius 2 is 2.07 bits per heavy atom. The van der Waals surface area contributed by atoms with Gasteiger partial charge in [-0.1, -0.05) is 41.0 Å². The molecule has 0 bridgehead atoms. The van der Waals surface area contributed by atoms with Crippen molar-refractivity contribution in [3.05, 3.63) is 52.0 Å². The zero-order valence-electron chi connectivity index (χ0n) is 15.2. The minimum atomic E-state index is -0.00768. The van der Waals surface area contributed by atoms with Gasteiger partial charge in [-0.05, 0) is 42.9 Å². The third-order valence-electron chi connectivity index (χ3n) is 3.97. The molecule has 0 aliphatic rings. The quantitative estimate of drug-likeness (QED) is 0.386. The maximum atomic E-state index is 12.1. The van der Waals surface area contributed by atoms with Crippen molar-refractivity contribution in [2.24, 2.45) is 0 Å². The lowest BCUT2D eigenvalue weighted by Crippen LogP contribution is -2.33. The Labute approximate surface area is 182 Å². The Morgan fingerprint density at radius 3 is 2.86 bits per heavy atom. The number of benzene rings is 2. The molecular weight excluding hydrogens is 435 g/mol. The standard InChI is InChI=1S/C19H20Cl2N4OS2/c1-25(10-12-2-4-14(20)15(21)8-12)7-6-23-18(26)11-27-19-24-16-5-3-13(22)9-17(16)28-19/h2-5,8-9H,6-7,10-11,22H2,1H3,(H,23,26). The van der Waals surface area contributed by atoms with Gasteiger partial charge < -0.3 is 16.0 Å². The normalized spacial score (nSPS) is 11.3. The molecule has 28 heavy (non-hydrogen) atoms. The Morgan fingerprint density at radius 1 is 1.25 bits per heavy atom. The van der Waals surface area contributed by atoms with Crippen LogP contribution in [0.2, 0.25) is 10.0 Å². The fraction of sp³-hybridized carbons (Fsp3) is 0.263. The number of rotatable bonds is 8. The number of fused-ring (bicyclic) bond motifs is 1. The van der Waals surface area contributed by atoms with E-state index in [1.807, 2.05) is 37.4 Å². The van der Waals surface area contributed by atoms with Gasteiger partial charge in [0.2, 0.25) is 5.91 Å². The van der Waals surface area contributed by atoms with E-state index in [2.05, 4.69) is 15.2 Å². The van der Waals surface area contributed by atoms with Crippen LogP contribution in [0.3, 0.4) is 0 Å². The van der Waals surface area contributed by atoms with Crippen LogP contribution < -0.4 is 11.1 Å². The number of carbonyl (C=O) groups excluding carboxylic acids is 1. The molecule has 0 radical (unpaired) electrons. The van der Waals surface area contributed by atoms with Crippen molar-refractivity contribution in [2.75, 3.05) is 31.6 Å². The van der Waals surface area contributed by atoms with E-state index in [1.165, 1.54) is 11.8 Å². The van der Waals surface area contributed by atoms with E-state index in [1.54, 1.807) is 17.4 Å². The number of hydrogen-bond donors (Lipinski definition) is 2. The number of nitrogens with two attached hydrogens (primary N) is 1. The van der Waals surface area contributed by atoms with Gasteiger partial charge in [-0.3, -0.25) is 4.79 Å². The zero-order valence-corrected chi connectivity index (χ0v) is 18.4. The van der Waals surface area contributed by atoms with E-state index in [0.29, 0.717) is 22.3 Å². The predicted molar refractivity (Wildman–Crippen MR) is 121 cm³/mol. The molecule has 0 saturated carbocycles. The van der Waals surface area contributed by atoms with Gasteiger partial charge in [0.05, 0.1) is 26.0 Å². The van der Waals surface area contributed by atoms with Gasteiger partial charge in [-0.2, -0.15) is 0 Å². The smallest absolute Gasteiger partial charge is 0.230 e. The van der Waals surface area contributed by atoms with E-state index in [-0.39, 0.29) is 5.91 Å². The van der Waals surface area contributed by atoms with E-state index in [9.17, 15) is 4.79 Å². The van der Waals surface area contributed by atoms with Crippen molar-refractivity contribution in [1.29, 1.82) is 0 Å². The first-order valence-corrected chi connectivity index (χ1v) is 11.1. The van der Waals surface area contributed by atoms with Crippen LogP contribution in [0.15, 0.2) is 40.7 Å². The number of amides is 1. The summed E-state index contributed by atoms with van der Waals surface area (Å²) in [6.45, 7) is 2.04. The summed E-state index contributed by atoms with van der Waals surface area (Å²) in [5.41, 5.74) is 8.49. The maximum absolute atomic E-state index is 12.1. The van der Waals surface area contributed by atoms with Gasteiger partial charge in [0.1, 0.15) is 0 Å². The van der Waals surface area contributed by atoms with Crippen molar-refractivity contribution in [3.63, 3.8) is 0 Å². The molecule has 3 N–H and O–H groups in total. The molecule has 0 unspecified atom stereocenters. The highest BCUT2D eigenvalue weighted by atomic mass is 35.5. The Balaban J connectivity index is 1.39. The molecule has 0 spiro atoms. The number of nitrogen functional groups attached to an aromatic ring is 1. The molecule has 9 heteroatoms. The summed E-state index contributed by atoms with van der Waals surface area (Å²) in [4.78, 5) is 18.7. The molecule has 0 saturated heterocycles. The summed E-state index contributed by atoms with van der Waals surface area (Å²) >= 11 is 15.0. The second kappa shape index (κ2) is 9.80. The monoisotopic (exact) mass is 454 g/mol. The number of aromatic nitrogens is 1. The molecule has 1 amide bonds. The van der Waals surface area contributed by atoms with Crippen LogP contribution in [0.1, 0.15) is 5.56 Å². The predicted octanol–water partition coefficient (Wildman–Crippen LogP) is 4.53.